The van der Waals surface area contributed by atoms with Crippen molar-refractivity contribution in [3.63, 3.8) is 0 Å². The van der Waals surface area contributed by atoms with Crippen molar-refractivity contribution >= 4 is 16.1 Å². The number of hydrogen-bond donors (Lipinski definition) is 0. The summed E-state index contributed by atoms with van der Waals surface area (Å²) in [5.74, 6) is 0. The first-order valence-corrected chi connectivity index (χ1v) is 3.48. The van der Waals surface area contributed by atoms with E-state index in [0.29, 0.717) is 0 Å². The Bertz CT molecular complexity index is 78.5. The van der Waals surface area contributed by atoms with Crippen LogP contribution in [-0.2, 0) is 0 Å². The van der Waals surface area contributed by atoms with Crippen LogP contribution in [0.1, 0.15) is 0 Å². The summed E-state index contributed by atoms with van der Waals surface area (Å²) in [7, 11) is 4.23. The summed E-state index contributed by atoms with van der Waals surface area (Å²) in [4.78, 5) is 2.25. The third-order valence-corrected chi connectivity index (χ3v) is 2.13. The van der Waals surface area contributed by atoms with Crippen molar-refractivity contribution in [2.45, 2.75) is 6.04 Å². The van der Waals surface area contributed by atoms with Crippen LogP contribution in [0.15, 0.2) is 0 Å². The molecular formula is C5H11BrN2. The summed E-state index contributed by atoms with van der Waals surface area (Å²) in [6.07, 6.45) is 0. The molecule has 1 aliphatic heterocycles. The molecule has 0 atom stereocenters. The zero-order chi connectivity index (χ0) is 6.15. The smallest absolute Gasteiger partial charge is 0.0362 e. The molecule has 1 fully saturated rings. The minimum absolute atomic E-state index is 0.773. The Balaban J connectivity index is 2.15. The van der Waals surface area contributed by atoms with Crippen LogP contribution in [0.4, 0.5) is 0 Å². The quantitative estimate of drug-likeness (QED) is 0.542. The lowest BCUT2D eigenvalue weighted by Crippen LogP contribution is -2.52. The molecule has 0 spiro atoms. The van der Waals surface area contributed by atoms with Gasteiger partial charge in [0.1, 0.15) is 0 Å². The average molecular weight is 179 g/mol. The molecule has 2 nitrogen and oxygen atoms in total. The van der Waals surface area contributed by atoms with Crippen LogP contribution < -0.4 is 0 Å². The largest absolute Gasteiger partial charge is 0.304 e. The van der Waals surface area contributed by atoms with E-state index in [-0.39, 0.29) is 0 Å². The molecule has 0 radical (unpaired) electrons. The summed E-state index contributed by atoms with van der Waals surface area (Å²) in [5.41, 5.74) is 0. The lowest BCUT2D eigenvalue weighted by Gasteiger charge is -2.38. The molecule has 0 saturated carbocycles. The Morgan fingerprint density at radius 2 is 2.00 bits per heavy atom. The zero-order valence-corrected chi connectivity index (χ0v) is 6.85. The molecule has 0 unspecified atom stereocenters. The van der Waals surface area contributed by atoms with Gasteiger partial charge in [0.2, 0.25) is 0 Å². The highest BCUT2D eigenvalue weighted by Crippen LogP contribution is 2.14. The molecule has 0 aromatic rings. The third kappa shape index (κ3) is 1.21. The van der Waals surface area contributed by atoms with Crippen LogP contribution >= 0.6 is 16.1 Å². The fourth-order valence-corrected chi connectivity index (χ4v) is 1.40. The Kier molecular flexibility index (Phi) is 1.90. The molecule has 0 amide bonds. The number of nitrogens with zero attached hydrogens (tertiary/aromatic N) is 2. The van der Waals surface area contributed by atoms with Crippen LogP contribution in [0, 0.1) is 0 Å². The van der Waals surface area contributed by atoms with E-state index < -0.39 is 0 Å². The Morgan fingerprint density at radius 3 is 2.12 bits per heavy atom. The van der Waals surface area contributed by atoms with Gasteiger partial charge in [0, 0.05) is 35.3 Å². The number of hydrogen-bond acceptors (Lipinski definition) is 2. The van der Waals surface area contributed by atoms with Gasteiger partial charge >= 0.3 is 0 Å². The molecule has 1 aliphatic rings. The first-order chi connectivity index (χ1) is 3.70. The predicted molar refractivity (Wildman–Crippen MR) is 38.0 cm³/mol. The van der Waals surface area contributed by atoms with Gasteiger partial charge in [-0.1, -0.05) is 0 Å². The molecule has 3 heteroatoms. The van der Waals surface area contributed by atoms with E-state index in [1.54, 1.807) is 0 Å². The highest BCUT2D eigenvalue weighted by Gasteiger charge is 2.25. The van der Waals surface area contributed by atoms with Crippen molar-refractivity contribution in [3.8, 4) is 0 Å². The molecule has 0 aromatic carbocycles. The van der Waals surface area contributed by atoms with Crippen molar-refractivity contribution in [2.24, 2.45) is 0 Å². The number of rotatable bonds is 1. The van der Waals surface area contributed by atoms with Crippen LogP contribution in [0.5, 0.6) is 0 Å². The third-order valence-electron chi connectivity index (χ3n) is 1.55. The number of halogens is 1. The lowest BCUT2D eigenvalue weighted by molar-refractivity contribution is 0.150. The molecule has 1 rings (SSSR count). The summed E-state index contributed by atoms with van der Waals surface area (Å²) < 4.78 is 2.14. The molecule has 0 bridgehead atoms. The number of likely N-dealkylation sites (N-methyl/N-ethyl adjacent to an activating group) is 1. The second kappa shape index (κ2) is 2.33. The molecule has 0 N–H and O–H groups in total. The van der Waals surface area contributed by atoms with Gasteiger partial charge in [-0.3, -0.25) is 0 Å². The fraction of sp³-hybridized carbons (Fsp3) is 1.00. The monoisotopic (exact) mass is 178 g/mol. The topological polar surface area (TPSA) is 6.48 Å². The minimum Gasteiger partial charge on any atom is -0.304 e. The standard InChI is InChI=1S/C5H11BrN2/c1-7(2)5-3-8(6)4-5/h5H,3-4H2,1-2H3. The van der Waals surface area contributed by atoms with E-state index in [2.05, 4.69) is 39.1 Å². The highest BCUT2D eigenvalue weighted by molar-refractivity contribution is 9.07. The average Bonchev–Trinajstić information content (AvgIpc) is 1.57. The Hall–Kier alpha value is 0.400. The first-order valence-electron chi connectivity index (χ1n) is 2.77. The Morgan fingerprint density at radius 1 is 1.50 bits per heavy atom. The van der Waals surface area contributed by atoms with Crippen LogP contribution in [-0.4, -0.2) is 42.1 Å². The van der Waals surface area contributed by atoms with Crippen molar-refractivity contribution in [2.75, 3.05) is 27.2 Å². The van der Waals surface area contributed by atoms with Gasteiger partial charge in [0.15, 0.2) is 0 Å². The molecule has 8 heavy (non-hydrogen) atoms. The SMILES string of the molecule is CN(C)C1CN(Br)C1. The van der Waals surface area contributed by atoms with Crippen molar-refractivity contribution in [3.05, 3.63) is 0 Å². The zero-order valence-electron chi connectivity index (χ0n) is 5.26. The van der Waals surface area contributed by atoms with E-state index in [0.717, 1.165) is 19.1 Å². The summed E-state index contributed by atoms with van der Waals surface area (Å²) in [6.45, 7) is 2.32. The first kappa shape index (κ1) is 6.52. The van der Waals surface area contributed by atoms with Crippen molar-refractivity contribution in [1.82, 2.24) is 8.83 Å². The molecule has 0 aromatic heterocycles. The fourth-order valence-electron chi connectivity index (χ4n) is 0.730. The van der Waals surface area contributed by atoms with Crippen LogP contribution in [0.25, 0.3) is 0 Å². The second-order valence-electron chi connectivity index (χ2n) is 2.45. The van der Waals surface area contributed by atoms with Gasteiger partial charge in [0.05, 0.1) is 0 Å². The van der Waals surface area contributed by atoms with Crippen LogP contribution in [0.3, 0.4) is 0 Å². The summed E-state index contributed by atoms with van der Waals surface area (Å²) in [5, 5.41) is 0. The van der Waals surface area contributed by atoms with Gasteiger partial charge in [-0.2, -0.15) is 0 Å². The van der Waals surface area contributed by atoms with Gasteiger partial charge in [-0.15, -0.1) is 0 Å². The van der Waals surface area contributed by atoms with E-state index in [9.17, 15) is 0 Å². The van der Waals surface area contributed by atoms with Gasteiger partial charge in [0.25, 0.3) is 0 Å². The summed E-state index contributed by atoms with van der Waals surface area (Å²) in [6, 6.07) is 0.773. The summed E-state index contributed by atoms with van der Waals surface area (Å²) >= 11 is 3.38. The molecule has 48 valence electrons. The molecule has 1 heterocycles. The second-order valence-corrected chi connectivity index (χ2v) is 3.45. The predicted octanol–water partition coefficient (Wildman–Crippen LogP) is 0.542. The van der Waals surface area contributed by atoms with Gasteiger partial charge in [-0.25, -0.2) is 3.93 Å². The minimum atomic E-state index is 0.773. The highest BCUT2D eigenvalue weighted by atomic mass is 79.9. The van der Waals surface area contributed by atoms with Crippen molar-refractivity contribution in [1.29, 1.82) is 0 Å². The van der Waals surface area contributed by atoms with E-state index in [1.807, 2.05) is 0 Å². The molecule has 1 saturated heterocycles. The van der Waals surface area contributed by atoms with Gasteiger partial charge < -0.3 is 4.90 Å². The van der Waals surface area contributed by atoms with Gasteiger partial charge in [-0.05, 0) is 14.1 Å². The van der Waals surface area contributed by atoms with Crippen molar-refractivity contribution < 1.29 is 0 Å². The maximum Gasteiger partial charge on any atom is 0.0362 e. The van der Waals surface area contributed by atoms with E-state index >= 15 is 0 Å². The van der Waals surface area contributed by atoms with Crippen LogP contribution in [0.2, 0.25) is 0 Å². The molecule has 0 aliphatic carbocycles. The van der Waals surface area contributed by atoms with E-state index in [4.69, 9.17) is 0 Å². The maximum atomic E-state index is 3.38. The lowest BCUT2D eigenvalue weighted by atomic mass is 10.2. The van der Waals surface area contributed by atoms with E-state index in [1.165, 1.54) is 0 Å². The normalized spacial score (nSPS) is 24.0. The maximum absolute atomic E-state index is 3.38. The Labute approximate surface area is 58.8 Å². The molecular weight excluding hydrogens is 168 g/mol.